The quantitative estimate of drug-likeness (QED) is 0.585. The van der Waals surface area contributed by atoms with E-state index in [1.807, 2.05) is 44.2 Å². The van der Waals surface area contributed by atoms with Crippen LogP contribution >= 0.6 is 0 Å². The Morgan fingerprint density at radius 3 is 2.54 bits per heavy atom. The maximum atomic E-state index is 13.1. The number of halogens is 1. The van der Waals surface area contributed by atoms with Gasteiger partial charge in [0.05, 0.1) is 12.2 Å². The minimum atomic E-state index is -0.213. The van der Waals surface area contributed by atoms with Gasteiger partial charge in [-0.2, -0.15) is 0 Å². The van der Waals surface area contributed by atoms with E-state index in [4.69, 9.17) is 4.74 Å². The fourth-order valence-corrected chi connectivity index (χ4v) is 4.64. The molecule has 0 bridgehead atoms. The lowest BCUT2D eigenvalue weighted by Crippen LogP contribution is -2.47. The first-order chi connectivity index (χ1) is 16.9. The van der Waals surface area contributed by atoms with Crippen LogP contribution in [0.4, 0.5) is 15.8 Å². The molecular weight excluding hydrogens is 447 g/mol. The molecule has 35 heavy (non-hydrogen) atoms. The van der Waals surface area contributed by atoms with Crippen molar-refractivity contribution in [1.29, 1.82) is 0 Å². The molecule has 1 unspecified atom stereocenters. The van der Waals surface area contributed by atoms with Crippen LogP contribution in [0.1, 0.15) is 31.7 Å². The van der Waals surface area contributed by atoms with Crippen molar-refractivity contribution in [1.82, 2.24) is 10.2 Å². The highest BCUT2D eigenvalue weighted by atomic mass is 19.1. The summed E-state index contributed by atoms with van der Waals surface area (Å²) in [6.07, 6.45) is 1.14. The molecule has 2 amide bonds. The molecule has 0 aliphatic carbocycles. The Bertz CT molecular complexity index is 1020. The molecule has 2 aliphatic rings. The van der Waals surface area contributed by atoms with Crippen molar-refractivity contribution >= 4 is 23.2 Å². The third-order valence-electron chi connectivity index (χ3n) is 6.58. The maximum Gasteiger partial charge on any atom is 0.227 e. The fourth-order valence-electron chi connectivity index (χ4n) is 4.64. The van der Waals surface area contributed by atoms with E-state index in [0.717, 1.165) is 56.1 Å². The fraction of sp³-hybridized carbons (Fsp3) is 0.481. The Kier molecular flexibility index (Phi) is 8.23. The number of amides is 2. The lowest BCUT2D eigenvalue weighted by molar-refractivity contribution is -0.125. The molecule has 1 atom stereocenters. The minimum absolute atomic E-state index is 0.0545. The third-order valence-corrected chi connectivity index (χ3v) is 6.58. The van der Waals surface area contributed by atoms with Gasteiger partial charge in [0.1, 0.15) is 17.7 Å². The summed E-state index contributed by atoms with van der Waals surface area (Å²) in [6, 6.07) is 12.5. The van der Waals surface area contributed by atoms with Gasteiger partial charge in [0.15, 0.2) is 0 Å². The second kappa shape index (κ2) is 11.5. The number of aryl methyl sites for hydroxylation is 1. The van der Waals surface area contributed by atoms with Crippen LogP contribution in [0, 0.1) is 12.7 Å². The summed E-state index contributed by atoms with van der Waals surface area (Å²) >= 11 is 0. The van der Waals surface area contributed by atoms with Gasteiger partial charge in [-0.05, 0) is 68.8 Å². The molecule has 2 aliphatic heterocycles. The van der Waals surface area contributed by atoms with E-state index >= 15 is 0 Å². The van der Waals surface area contributed by atoms with Crippen molar-refractivity contribution in [3.63, 3.8) is 0 Å². The van der Waals surface area contributed by atoms with Crippen molar-refractivity contribution in [2.75, 3.05) is 55.6 Å². The molecule has 7 nitrogen and oxygen atoms in total. The van der Waals surface area contributed by atoms with Crippen molar-refractivity contribution in [2.24, 2.45) is 0 Å². The Hall–Kier alpha value is -3.13. The van der Waals surface area contributed by atoms with Gasteiger partial charge in [-0.3, -0.25) is 14.5 Å². The highest BCUT2D eigenvalue weighted by Gasteiger charge is 2.27. The molecule has 2 heterocycles. The van der Waals surface area contributed by atoms with Gasteiger partial charge in [0.2, 0.25) is 11.8 Å². The van der Waals surface area contributed by atoms with Crippen LogP contribution in [0.15, 0.2) is 42.5 Å². The average molecular weight is 483 g/mol. The lowest BCUT2D eigenvalue weighted by Gasteiger charge is -2.36. The number of benzene rings is 2. The normalized spacial score (nSPS) is 18.1. The number of nitrogens with one attached hydrogen (secondary N) is 1. The molecule has 188 valence electrons. The van der Waals surface area contributed by atoms with Gasteiger partial charge in [-0.25, -0.2) is 4.39 Å². The Morgan fingerprint density at radius 1 is 1.06 bits per heavy atom. The minimum Gasteiger partial charge on any atom is -0.487 e. The van der Waals surface area contributed by atoms with Crippen LogP contribution in [0.25, 0.3) is 0 Å². The maximum absolute atomic E-state index is 13.1. The summed E-state index contributed by atoms with van der Waals surface area (Å²) in [6.45, 7) is 9.63. The van der Waals surface area contributed by atoms with Crippen molar-refractivity contribution in [3.05, 3.63) is 53.8 Å². The van der Waals surface area contributed by atoms with E-state index in [9.17, 15) is 14.0 Å². The molecule has 1 N–H and O–H groups in total. The molecule has 4 rings (SSSR count). The highest BCUT2D eigenvalue weighted by Crippen LogP contribution is 2.34. The van der Waals surface area contributed by atoms with Crippen molar-refractivity contribution in [3.8, 4) is 5.75 Å². The summed E-state index contributed by atoms with van der Waals surface area (Å²) in [5.74, 6) is 0.354. The molecule has 0 saturated carbocycles. The molecule has 2 aromatic rings. The zero-order chi connectivity index (χ0) is 24.8. The molecule has 1 saturated heterocycles. The Labute approximate surface area is 206 Å². The van der Waals surface area contributed by atoms with Gasteiger partial charge in [0.25, 0.3) is 0 Å². The van der Waals surface area contributed by atoms with Crippen LogP contribution in [-0.4, -0.2) is 68.6 Å². The lowest BCUT2D eigenvalue weighted by atomic mass is 10.1. The number of ether oxygens (including phenoxy) is 1. The van der Waals surface area contributed by atoms with Crippen LogP contribution in [0.2, 0.25) is 0 Å². The van der Waals surface area contributed by atoms with Gasteiger partial charge >= 0.3 is 0 Å². The number of rotatable bonds is 8. The first-order valence-electron chi connectivity index (χ1n) is 12.5. The van der Waals surface area contributed by atoms with Gasteiger partial charge in [-0.1, -0.05) is 6.07 Å². The van der Waals surface area contributed by atoms with Crippen LogP contribution in [-0.2, 0) is 9.59 Å². The standard InChI is InChI=1S/C27H35FN4O3/c1-20-4-9-25-24(18-20)32(19-21(2)35-25)27(34)11-10-26(33)29-12-3-13-30-14-16-31(17-15-30)23-7-5-22(28)6-8-23/h4-9,18,21H,3,10-17,19H2,1-2H3,(H,29,33). The summed E-state index contributed by atoms with van der Waals surface area (Å²) in [7, 11) is 0. The zero-order valence-corrected chi connectivity index (χ0v) is 20.6. The zero-order valence-electron chi connectivity index (χ0n) is 20.6. The number of hydrogen-bond donors (Lipinski definition) is 1. The number of anilines is 2. The van der Waals surface area contributed by atoms with E-state index in [-0.39, 0.29) is 36.6 Å². The number of carbonyl (C=O) groups excluding carboxylic acids is 2. The third kappa shape index (κ3) is 6.72. The monoisotopic (exact) mass is 482 g/mol. The molecular formula is C27H35FN4O3. The SMILES string of the molecule is Cc1ccc2c(c1)N(C(=O)CCC(=O)NCCCN1CCN(c3ccc(F)cc3)CC1)CC(C)O2. The number of carbonyl (C=O) groups is 2. The van der Waals surface area contributed by atoms with Crippen LogP contribution in [0.3, 0.4) is 0 Å². The second-order valence-corrected chi connectivity index (χ2v) is 9.41. The molecule has 0 aromatic heterocycles. The van der Waals surface area contributed by atoms with E-state index in [0.29, 0.717) is 18.8 Å². The predicted octanol–water partition coefficient (Wildman–Crippen LogP) is 3.36. The Balaban J connectivity index is 1.13. The van der Waals surface area contributed by atoms with Crippen molar-refractivity contribution < 1.29 is 18.7 Å². The van der Waals surface area contributed by atoms with E-state index in [1.165, 1.54) is 12.1 Å². The highest BCUT2D eigenvalue weighted by molar-refractivity contribution is 5.97. The number of piperazine rings is 1. The molecule has 2 aromatic carbocycles. The number of hydrogen-bond acceptors (Lipinski definition) is 5. The summed E-state index contributed by atoms with van der Waals surface area (Å²) in [5.41, 5.74) is 2.90. The van der Waals surface area contributed by atoms with E-state index in [2.05, 4.69) is 15.1 Å². The number of nitrogens with zero attached hydrogens (tertiary/aromatic N) is 3. The second-order valence-electron chi connectivity index (χ2n) is 9.41. The van der Waals surface area contributed by atoms with Gasteiger partial charge in [-0.15, -0.1) is 0 Å². The van der Waals surface area contributed by atoms with Crippen molar-refractivity contribution in [2.45, 2.75) is 39.2 Å². The first kappa shape index (κ1) is 25.0. The summed E-state index contributed by atoms with van der Waals surface area (Å²) in [5, 5.41) is 2.95. The number of fused-ring (bicyclic) bond motifs is 1. The average Bonchev–Trinajstić information content (AvgIpc) is 2.86. The van der Waals surface area contributed by atoms with Gasteiger partial charge in [0, 0.05) is 51.3 Å². The summed E-state index contributed by atoms with van der Waals surface area (Å²) in [4.78, 5) is 31.6. The molecule has 8 heteroatoms. The van der Waals surface area contributed by atoms with Gasteiger partial charge < -0.3 is 19.9 Å². The van der Waals surface area contributed by atoms with E-state index < -0.39 is 0 Å². The molecule has 1 fully saturated rings. The smallest absolute Gasteiger partial charge is 0.227 e. The first-order valence-corrected chi connectivity index (χ1v) is 12.5. The summed E-state index contributed by atoms with van der Waals surface area (Å²) < 4.78 is 19.0. The molecule has 0 radical (unpaired) electrons. The molecule has 0 spiro atoms. The van der Waals surface area contributed by atoms with Crippen LogP contribution in [0.5, 0.6) is 5.75 Å². The topological polar surface area (TPSA) is 65.1 Å². The largest absolute Gasteiger partial charge is 0.487 e. The Morgan fingerprint density at radius 2 is 1.80 bits per heavy atom. The van der Waals surface area contributed by atoms with Crippen LogP contribution < -0.4 is 19.9 Å². The van der Waals surface area contributed by atoms with E-state index in [1.54, 1.807) is 4.90 Å². The predicted molar refractivity (Wildman–Crippen MR) is 136 cm³/mol.